The fourth-order valence-electron chi connectivity index (χ4n) is 4.22. The van der Waals surface area contributed by atoms with Crippen molar-refractivity contribution in [1.29, 1.82) is 5.41 Å². The molecular formula is C22H25N5O2. The highest BCUT2D eigenvalue weighted by atomic mass is 16.5. The van der Waals surface area contributed by atoms with Gasteiger partial charge in [-0.1, -0.05) is 23.6 Å². The van der Waals surface area contributed by atoms with E-state index >= 15 is 0 Å². The maximum absolute atomic E-state index is 13.1. The first kappa shape index (κ1) is 19.4. The third-order valence-corrected chi connectivity index (χ3v) is 5.79. The van der Waals surface area contributed by atoms with Crippen molar-refractivity contribution >= 4 is 17.4 Å². The van der Waals surface area contributed by atoms with E-state index in [0.717, 1.165) is 16.7 Å². The number of likely N-dealkylation sites (N-methyl/N-ethyl adjacent to an activating group) is 1. The summed E-state index contributed by atoms with van der Waals surface area (Å²) in [6, 6.07) is 1.72. The van der Waals surface area contributed by atoms with Crippen LogP contribution >= 0.6 is 0 Å². The number of rotatable bonds is 4. The molecule has 4 rings (SSSR count). The number of aromatic nitrogens is 1. The summed E-state index contributed by atoms with van der Waals surface area (Å²) in [4.78, 5) is 20.8. The van der Waals surface area contributed by atoms with Gasteiger partial charge in [0, 0.05) is 55.5 Å². The fourth-order valence-corrected chi connectivity index (χ4v) is 4.22. The van der Waals surface area contributed by atoms with E-state index in [0.29, 0.717) is 26.3 Å². The van der Waals surface area contributed by atoms with Crippen LogP contribution in [0.2, 0.25) is 0 Å². The van der Waals surface area contributed by atoms with Crippen LogP contribution in [-0.2, 0) is 9.53 Å². The Hall–Kier alpha value is -2.95. The number of carbonyl (C=O) groups is 1. The van der Waals surface area contributed by atoms with E-state index < -0.39 is 0 Å². The molecule has 1 aromatic heterocycles. The number of pyridine rings is 1. The Balaban J connectivity index is 1.56. The molecule has 3 aliphatic rings. The number of nitrogens with one attached hydrogen (secondary N) is 1. The molecule has 1 saturated carbocycles. The quantitative estimate of drug-likeness (QED) is 0.455. The minimum absolute atomic E-state index is 0.123. The smallest absolute Gasteiger partial charge is 0.247 e. The number of ether oxygens (including phenoxy) is 1. The monoisotopic (exact) mass is 391 g/mol. The average Bonchev–Trinajstić information content (AvgIpc) is 3.19. The second kappa shape index (κ2) is 7.82. The molecule has 2 fully saturated rings. The number of hydrogen-bond acceptors (Lipinski definition) is 5. The Bertz CT molecular complexity index is 965. The van der Waals surface area contributed by atoms with E-state index in [2.05, 4.69) is 33.9 Å². The lowest BCUT2D eigenvalue weighted by atomic mass is 10.0. The molecule has 1 aliphatic heterocycles. The number of amides is 1. The lowest BCUT2D eigenvalue weighted by molar-refractivity contribution is -0.134. The zero-order chi connectivity index (χ0) is 20.5. The molecule has 29 heavy (non-hydrogen) atoms. The Morgan fingerprint density at radius 2 is 2.17 bits per heavy atom. The molecule has 1 amide bonds. The van der Waals surface area contributed by atoms with Gasteiger partial charge in [-0.15, -0.1) is 5.92 Å². The van der Waals surface area contributed by atoms with Gasteiger partial charge in [-0.2, -0.15) is 0 Å². The largest absolute Gasteiger partial charge is 0.379 e. The fraction of sp³-hybridized carbons (Fsp3) is 0.409. The zero-order valence-corrected chi connectivity index (χ0v) is 16.7. The molecule has 2 aliphatic carbocycles. The topological polar surface area (TPSA) is 95.5 Å². The molecule has 3 atom stereocenters. The standard InChI is InChI=1S/C22H25N5O2/c1-3-4-14-9-16(13-25-12-14)15-10-17-18(11-15)19(17)20(21(28)26(2)22(23)24)27-5-7-29-8-6-27/h9-13,17,19-20H,5-8H2,1-2H3,(H3,23,24)/t17-,19+,20?/m1/s1. The van der Waals surface area contributed by atoms with Crippen LogP contribution in [0.25, 0.3) is 5.57 Å². The van der Waals surface area contributed by atoms with Crippen molar-refractivity contribution in [1.82, 2.24) is 14.8 Å². The van der Waals surface area contributed by atoms with Crippen LogP contribution in [0.3, 0.4) is 0 Å². The minimum atomic E-state index is -0.322. The van der Waals surface area contributed by atoms with Crippen molar-refractivity contribution in [3.63, 3.8) is 0 Å². The first-order chi connectivity index (χ1) is 14.0. The van der Waals surface area contributed by atoms with Gasteiger partial charge < -0.3 is 10.5 Å². The molecule has 7 nitrogen and oxygen atoms in total. The summed E-state index contributed by atoms with van der Waals surface area (Å²) in [5, 5.41) is 7.65. The number of carbonyl (C=O) groups excluding carboxylic acids is 1. The molecular weight excluding hydrogens is 366 g/mol. The molecule has 0 spiro atoms. The van der Waals surface area contributed by atoms with E-state index in [-0.39, 0.29) is 29.7 Å². The van der Waals surface area contributed by atoms with Gasteiger partial charge in [-0.3, -0.25) is 25.0 Å². The average molecular weight is 391 g/mol. The van der Waals surface area contributed by atoms with Crippen molar-refractivity contribution in [2.45, 2.75) is 13.0 Å². The number of fused-ring (bicyclic) bond motifs is 1. The molecule has 1 saturated heterocycles. The Morgan fingerprint density at radius 3 is 2.79 bits per heavy atom. The van der Waals surface area contributed by atoms with Crippen LogP contribution in [-0.4, -0.2) is 66.0 Å². The van der Waals surface area contributed by atoms with Crippen molar-refractivity contribution in [2.24, 2.45) is 17.6 Å². The van der Waals surface area contributed by atoms with E-state index in [4.69, 9.17) is 15.9 Å². The van der Waals surface area contributed by atoms with Crippen LogP contribution in [0.1, 0.15) is 18.1 Å². The second-order valence-corrected chi connectivity index (χ2v) is 7.53. The SMILES string of the molecule is CC#Cc1cncc(C2=C[C@@H]3C(=C2)[C@H]3C(C(=O)N(C)C(=N)N)N2CCOCC2)c1. The number of guanidine groups is 1. The highest BCUT2D eigenvalue weighted by Gasteiger charge is 2.55. The summed E-state index contributed by atoms with van der Waals surface area (Å²) in [5.41, 5.74) is 9.90. The molecule has 3 N–H and O–H groups in total. The predicted octanol–water partition coefficient (Wildman–Crippen LogP) is 1.08. The number of hydrogen-bond donors (Lipinski definition) is 2. The van der Waals surface area contributed by atoms with E-state index in [9.17, 15) is 4.79 Å². The molecule has 7 heteroatoms. The molecule has 1 aromatic rings. The van der Waals surface area contributed by atoms with Gasteiger partial charge in [0.25, 0.3) is 0 Å². The number of nitrogens with two attached hydrogens (primary N) is 1. The second-order valence-electron chi connectivity index (χ2n) is 7.53. The number of nitrogens with zero attached hydrogens (tertiary/aromatic N) is 3. The van der Waals surface area contributed by atoms with Crippen LogP contribution in [0, 0.1) is 29.1 Å². The summed E-state index contributed by atoms with van der Waals surface area (Å²) >= 11 is 0. The van der Waals surface area contributed by atoms with Gasteiger partial charge in [-0.05, 0) is 18.6 Å². The summed E-state index contributed by atoms with van der Waals surface area (Å²) in [5.74, 6) is 5.94. The Morgan fingerprint density at radius 1 is 1.41 bits per heavy atom. The Kier molecular flexibility index (Phi) is 5.22. The molecule has 0 radical (unpaired) electrons. The molecule has 0 aromatic carbocycles. The van der Waals surface area contributed by atoms with Gasteiger partial charge in [0.15, 0.2) is 5.96 Å². The summed E-state index contributed by atoms with van der Waals surface area (Å²) < 4.78 is 5.46. The lowest BCUT2D eigenvalue weighted by Crippen LogP contribution is -2.55. The molecule has 1 unspecified atom stereocenters. The lowest BCUT2D eigenvalue weighted by Gasteiger charge is -2.35. The summed E-state index contributed by atoms with van der Waals surface area (Å²) in [7, 11) is 1.57. The summed E-state index contributed by atoms with van der Waals surface area (Å²) in [6.45, 7) is 4.45. The van der Waals surface area contributed by atoms with Gasteiger partial charge in [-0.25, -0.2) is 0 Å². The summed E-state index contributed by atoms with van der Waals surface area (Å²) in [6.07, 6.45) is 7.99. The van der Waals surface area contributed by atoms with Gasteiger partial charge in [0.05, 0.1) is 19.3 Å². The van der Waals surface area contributed by atoms with Crippen LogP contribution in [0.4, 0.5) is 0 Å². The molecule has 150 valence electrons. The van der Waals surface area contributed by atoms with E-state index in [1.54, 1.807) is 13.2 Å². The maximum Gasteiger partial charge on any atom is 0.247 e. The third kappa shape index (κ3) is 3.69. The van der Waals surface area contributed by atoms with E-state index in [1.807, 2.05) is 19.2 Å². The first-order valence-corrected chi connectivity index (χ1v) is 9.76. The van der Waals surface area contributed by atoms with E-state index in [1.165, 1.54) is 10.5 Å². The highest BCUT2D eigenvalue weighted by molar-refractivity contribution is 5.98. The van der Waals surface area contributed by atoms with Crippen molar-refractivity contribution < 1.29 is 9.53 Å². The third-order valence-electron chi connectivity index (χ3n) is 5.79. The van der Waals surface area contributed by atoms with Crippen LogP contribution < -0.4 is 5.73 Å². The molecule has 2 heterocycles. The minimum Gasteiger partial charge on any atom is -0.379 e. The van der Waals surface area contributed by atoms with Gasteiger partial charge in [0.1, 0.15) is 0 Å². The number of morpholine rings is 1. The highest BCUT2D eigenvalue weighted by Crippen LogP contribution is 2.56. The van der Waals surface area contributed by atoms with Gasteiger partial charge >= 0.3 is 0 Å². The first-order valence-electron chi connectivity index (χ1n) is 9.76. The van der Waals surface area contributed by atoms with Crippen molar-refractivity contribution in [3.8, 4) is 11.8 Å². The van der Waals surface area contributed by atoms with Crippen LogP contribution in [0.5, 0.6) is 0 Å². The van der Waals surface area contributed by atoms with Crippen LogP contribution in [0.15, 0.2) is 36.2 Å². The van der Waals surface area contributed by atoms with Crippen molar-refractivity contribution in [2.75, 3.05) is 33.4 Å². The Labute approximate surface area is 170 Å². The number of allylic oxidation sites excluding steroid dienone is 3. The predicted molar refractivity (Wildman–Crippen MR) is 111 cm³/mol. The van der Waals surface area contributed by atoms with Gasteiger partial charge in [0.2, 0.25) is 5.91 Å². The zero-order valence-electron chi connectivity index (χ0n) is 16.7. The van der Waals surface area contributed by atoms with Crippen molar-refractivity contribution in [3.05, 3.63) is 47.3 Å². The molecule has 0 bridgehead atoms. The normalized spacial score (nSPS) is 23.8. The maximum atomic E-state index is 13.1.